The maximum Gasteiger partial charge on any atom is 0.155 e. The highest BCUT2D eigenvalue weighted by molar-refractivity contribution is 5.92. The van der Waals surface area contributed by atoms with Gasteiger partial charge in [0.15, 0.2) is 5.78 Å². The van der Waals surface area contributed by atoms with Crippen LogP contribution in [-0.2, 0) is 4.79 Å². The molecule has 0 bridgehead atoms. The van der Waals surface area contributed by atoms with Crippen molar-refractivity contribution in [1.82, 2.24) is 0 Å². The van der Waals surface area contributed by atoms with Crippen LogP contribution in [0.4, 0.5) is 0 Å². The van der Waals surface area contributed by atoms with E-state index in [0.29, 0.717) is 17.6 Å². The minimum absolute atomic E-state index is 0.278. The normalized spacial score (nSPS) is 38.9. The van der Waals surface area contributed by atoms with E-state index in [-0.39, 0.29) is 5.41 Å². The largest absolute Gasteiger partial charge is 0.295 e. The van der Waals surface area contributed by atoms with E-state index in [1.54, 1.807) is 0 Å². The van der Waals surface area contributed by atoms with Crippen molar-refractivity contribution in [2.75, 3.05) is 0 Å². The van der Waals surface area contributed by atoms with Crippen molar-refractivity contribution in [1.29, 1.82) is 0 Å². The Morgan fingerprint density at radius 3 is 2.81 bits per heavy atom. The Morgan fingerprint density at radius 2 is 2.19 bits per heavy atom. The first-order valence-corrected chi connectivity index (χ1v) is 6.33. The van der Waals surface area contributed by atoms with Crippen LogP contribution in [0.3, 0.4) is 0 Å². The summed E-state index contributed by atoms with van der Waals surface area (Å²) < 4.78 is 0. The molecule has 16 heavy (non-hydrogen) atoms. The summed E-state index contributed by atoms with van der Waals surface area (Å²) in [6.07, 6.45) is 6.17. The highest BCUT2D eigenvalue weighted by Crippen LogP contribution is 2.52. The fourth-order valence-electron chi connectivity index (χ4n) is 3.22. The van der Waals surface area contributed by atoms with Crippen LogP contribution in [0.25, 0.3) is 0 Å². The van der Waals surface area contributed by atoms with Gasteiger partial charge in [0.25, 0.3) is 0 Å². The first-order valence-electron chi connectivity index (χ1n) is 6.33. The molecule has 1 nitrogen and oxygen atoms in total. The van der Waals surface area contributed by atoms with Crippen molar-refractivity contribution < 1.29 is 4.79 Å². The molecule has 1 fully saturated rings. The van der Waals surface area contributed by atoms with Crippen molar-refractivity contribution in [2.24, 2.45) is 17.3 Å². The zero-order valence-electron chi connectivity index (χ0n) is 10.7. The van der Waals surface area contributed by atoms with E-state index >= 15 is 0 Å². The van der Waals surface area contributed by atoms with Gasteiger partial charge < -0.3 is 0 Å². The molecule has 1 saturated carbocycles. The van der Waals surface area contributed by atoms with E-state index in [9.17, 15) is 4.79 Å². The summed E-state index contributed by atoms with van der Waals surface area (Å²) >= 11 is 0. The number of carbonyl (C=O) groups is 1. The molecule has 2 aliphatic carbocycles. The van der Waals surface area contributed by atoms with E-state index in [2.05, 4.69) is 27.4 Å². The van der Waals surface area contributed by atoms with Crippen LogP contribution < -0.4 is 0 Å². The fraction of sp³-hybridized carbons (Fsp3) is 0.667. The number of hydrogen-bond acceptors (Lipinski definition) is 1. The minimum Gasteiger partial charge on any atom is -0.295 e. The molecule has 0 amide bonds. The van der Waals surface area contributed by atoms with Crippen molar-refractivity contribution in [3.8, 4) is 0 Å². The fourth-order valence-corrected chi connectivity index (χ4v) is 3.22. The highest BCUT2D eigenvalue weighted by atomic mass is 16.1. The Bertz CT molecular complexity index is 364. The lowest BCUT2D eigenvalue weighted by atomic mass is 9.58. The summed E-state index contributed by atoms with van der Waals surface area (Å²) in [4.78, 5) is 11.6. The smallest absolute Gasteiger partial charge is 0.155 e. The lowest BCUT2D eigenvalue weighted by Gasteiger charge is -2.46. The molecule has 0 aromatic heterocycles. The summed E-state index contributed by atoms with van der Waals surface area (Å²) in [5, 5.41) is 0. The molecule has 0 aliphatic heterocycles. The molecule has 0 spiro atoms. The van der Waals surface area contributed by atoms with Gasteiger partial charge in [0, 0.05) is 6.42 Å². The monoisotopic (exact) mass is 218 g/mol. The average molecular weight is 218 g/mol. The molecule has 2 rings (SSSR count). The second-order valence-electron chi connectivity index (χ2n) is 5.94. The standard InChI is InChI=1S/C15H22O/c1-10(2)12-5-6-15(4)11(3)7-14(16)9-13(15)8-12/h9,11-12H,1,5-8H2,2-4H3/t11-,12+,15-/m0/s1. The molecule has 0 unspecified atom stereocenters. The van der Waals surface area contributed by atoms with Gasteiger partial charge in [0.2, 0.25) is 0 Å². The predicted molar refractivity (Wildman–Crippen MR) is 67.1 cm³/mol. The highest BCUT2D eigenvalue weighted by Gasteiger charge is 2.42. The zero-order valence-corrected chi connectivity index (χ0v) is 10.7. The third kappa shape index (κ3) is 1.77. The van der Waals surface area contributed by atoms with Gasteiger partial charge in [-0.1, -0.05) is 31.6 Å². The third-order valence-electron chi connectivity index (χ3n) is 4.84. The summed E-state index contributed by atoms with van der Waals surface area (Å²) in [6, 6.07) is 0. The number of ketones is 1. The lowest BCUT2D eigenvalue weighted by Crippen LogP contribution is -2.37. The minimum atomic E-state index is 0.278. The predicted octanol–water partition coefficient (Wildman–Crippen LogP) is 3.90. The molecular weight excluding hydrogens is 196 g/mol. The molecule has 0 N–H and O–H groups in total. The third-order valence-corrected chi connectivity index (χ3v) is 4.84. The van der Waals surface area contributed by atoms with E-state index in [1.807, 2.05) is 6.08 Å². The van der Waals surface area contributed by atoms with E-state index in [4.69, 9.17) is 0 Å². The zero-order chi connectivity index (χ0) is 11.9. The van der Waals surface area contributed by atoms with Gasteiger partial charge >= 0.3 is 0 Å². The molecule has 2 aliphatic rings. The van der Waals surface area contributed by atoms with Crippen LogP contribution in [0.5, 0.6) is 0 Å². The average Bonchev–Trinajstić information content (AvgIpc) is 2.19. The SMILES string of the molecule is C=C(C)[C@@H]1CC[C@]2(C)C(=CC(=O)C[C@@H]2C)C1. The molecule has 88 valence electrons. The Labute approximate surface area is 98.6 Å². The van der Waals surface area contributed by atoms with Crippen molar-refractivity contribution in [3.63, 3.8) is 0 Å². The van der Waals surface area contributed by atoms with Gasteiger partial charge in [0.05, 0.1) is 0 Å². The topological polar surface area (TPSA) is 17.1 Å². The first kappa shape index (κ1) is 11.6. The Hall–Kier alpha value is -0.850. The van der Waals surface area contributed by atoms with Crippen LogP contribution in [0.1, 0.15) is 46.5 Å². The summed E-state index contributed by atoms with van der Waals surface area (Å²) in [5.74, 6) is 1.42. The van der Waals surface area contributed by atoms with E-state index in [1.165, 1.54) is 24.0 Å². The number of allylic oxidation sites excluding steroid dienone is 3. The van der Waals surface area contributed by atoms with Crippen molar-refractivity contribution in [2.45, 2.75) is 46.5 Å². The second kappa shape index (κ2) is 3.87. The molecule has 0 saturated heterocycles. The molecule has 1 heteroatoms. The number of hydrogen-bond donors (Lipinski definition) is 0. The van der Waals surface area contributed by atoms with Crippen LogP contribution in [0.2, 0.25) is 0 Å². The van der Waals surface area contributed by atoms with Crippen molar-refractivity contribution in [3.05, 3.63) is 23.8 Å². The van der Waals surface area contributed by atoms with Crippen LogP contribution >= 0.6 is 0 Å². The molecular formula is C15H22O. The number of carbonyl (C=O) groups excluding carboxylic acids is 1. The quantitative estimate of drug-likeness (QED) is 0.610. The maximum absolute atomic E-state index is 11.6. The second-order valence-corrected chi connectivity index (χ2v) is 5.94. The van der Waals surface area contributed by atoms with Crippen molar-refractivity contribution >= 4 is 5.78 Å². The molecule has 3 atom stereocenters. The van der Waals surface area contributed by atoms with Crippen LogP contribution in [0, 0.1) is 17.3 Å². The summed E-state index contributed by atoms with van der Waals surface area (Å²) in [6.45, 7) is 10.7. The van der Waals surface area contributed by atoms with Crippen LogP contribution in [0.15, 0.2) is 23.8 Å². The molecule has 0 aromatic carbocycles. The molecule has 0 radical (unpaired) electrons. The molecule has 0 heterocycles. The maximum atomic E-state index is 11.6. The summed E-state index contributed by atoms with van der Waals surface area (Å²) in [7, 11) is 0. The van der Waals surface area contributed by atoms with Gasteiger partial charge in [-0.2, -0.15) is 0 Å². The van der Waals surface area contributed by atoms with Gasteiger partial charge in [0.1, 0.15) is 0 Å². The number of rotatable bonds is 1. The van der Waals surface area contributed by atoms with Crippen LogP contribution in [-0.4, -0.2) is 5.78 Å². The summed E-state index contributed by atoms with van der Waals surface area (Å²) in [5.41, 5.74) is 2.93. The first-order chi connectivity index (χ1) is 7.43. The van der Waals surface area contributed by atoms with Gasteiger partial charge in [-0.15, -0.1) is 0 Å². The molecule has 0 aromatic rings. The lowest BCUT2D eigenvalue weighted by molar-refractivity contribution is -0.117. The Morgan fingerprint density at radius 1 is 1.50 bits per heavy atom. The Kier molecular flexibility index (Phi) is 2.81. The van der Waals surface area contributed by atoms with E-state index in [0.717, 1.165) is 12.8 Å². The van der Waals surface area contributed by atoms with Gasteiger partial charge in [-0.25, -0.2) is 0 Å². The number of fused-ring (bicyclic) bond motifs is 1. The Balaban J connectivity index is 2.29. The van der Waals surface area contributed by atoms with Gasteiger partial charge in [-0.3, -0.25) is 4.79 Å². The van der Waals surface area contributed by atoms with Gasteiger partial charge in [-0.05, 0) is 49.5 Å². The van der Waals surface area contributed by atoms with E-state index < -0.39 is 0 Å².